The van der Waals surface area contributed by atoms with Crippen LogP contribution in [0.25, 0.3) is 0 Å². The minimum Gasteiger partial charge on any atom is -0.491 e. The van der Waals surface area contributed by atoms with E-state index in [1.165, 1.54) is 19.1 Å². The average Bonchev–Trinajstić information content (AvgIpc) is 3.20. The molecule has 3 rings (SSSR count). The van der Waals surface area contributed by atoms with Crippen molar-refractivity contribution in [1.82, 2.24) is 5.32 Å². The summed E-state index contributed by atoms with van der Waals surface area (Å²) < 4.78 is 24.3. The number of hydrogen-bond donors (Lipinski definition) is 2. The van der Waals surface area contributed by atoms with Gasteiger partial charge in [-0.15, -0.1) is 0 Å². The Labute approximate surface area is 162 Å². The van der Waals surface area contributed by atoms with Gasteiger partial charge in [-0.25, -0.2) is 9.18 Å². The maximum Gasteiger partial charge on any atom is 0.333 e. The summed E-state index contributed by atoms with van der Waals surface area (Å²) in [5.74, 6) is -1.68. The van der Waals surface area contributed by atoms with E-state index in [1.807, 2.05) is 0 Å². The summed E-state index contributed by atoms with van der Waals surface area (Å²) in [6.07, 6.45) is 2.09. The van der Waals surface area contributed by atoms with Crippen LogP contribution in [0.15, 0.2) is 48.5 Å². The number of amides is 1. The summed E-state index contributed by atoms with van der Waals surface area (Å²) in [6.45, 7) is 2.57. The molecule has 1 saturated heterocycles. The standard InChI is InChI=1S/C21H22FNO5/c1-21(20(25)26,15-6-8-16(22)9-7-15)23-19(24)14-4-10-17(11-5-14)28-13-18-3-2-12-27-18/h4-11,18H,2-3,12-13H2,1H3,(H,23,24)(H,25,26). The Morgan fingerprint density at radius 3 is 2.46 bits per heavy atom. The summed E-state index contributed by atoms with van der Waals surface area (Å²) in [6, 6.07) is 11.4. The van der Waals surface area contributed by atoms with Crippen molar-refractivity contribution in [3.63, 3.8) is 0 Å². The normalized spacial score (nSPS) is 18.3. The first-order valence-electron chi connectivity index (χ1n) is 9.05. The van der Waals surface area contributed by atoms with Crippen molar-refractivity contribution in [2.45, 2.75) is 31.4 Å². The Morgan fingerprint density at radius 1 is 1.21 bits per heavy atom. The zero-order valence-electron chi connectivity index (χ0n) is 15.5. The highest BCUT2D eigenvalue weighted by Crippen LogP contribution is 2.23. The Balaban J connectivity index is 1.67. The lowest BCUT2D eigenvalue weighted by Crippen LogP contribution is -2.49. The molecule has 148 valence electrons. The summed E-state index contributed by atoms with van der Waals surface area (Å²) in [5, 5.41) is 12.1. The van der Waals surface area contributed by atoms with E-state index in [-0.39, 0.29) is 11.7 Å². The first-order valence-corrected chi connectivity index (χ1v) is 9.05. The third-order valence-corrected chi connectivity index (χ3v) is 4.79. The molecule has 1 heterocycles. The molecule has 1 fully saturated rings. The van der Waals surface area contributed by atoms with Crippen molar-refractivity contribution < 1.29 is 28.6 Å². The maximum absolute atomic E-state index is 13.1. The third kappa shape index (κ3) is 4.48. The van der Waals surface area contributed by atoms with Crippen LogP contribution in [0, 0.1) is 5.82 Å². The second-order valence-electron chi connectivity index (χ2n) is 6.86. The largest absolute Gasteiger partial charge is 0.491 e. The van der Waals surface area contributed by atoms with Crippen LogP contribution < -0.4 is 10.1 Å². The Kier molecular flexibility index (Phi) is 5.94. The number of carboxylic acids is 1. The number of carbonyl (C=O) groups is 2. The van der Waals surface area contributed by atoms with Crippen molar-refractivity contribution in [2.24, 2.45) is 0 Å². The lowest BCUT2D eigenvalue weighted by molar-refractivity contribution is -0.144. The number of halogens is 1. The molecule has 1 amide bonds. The fourth-order valence-corrected chi connectivity index (χ4v) is 3.00. The van der Waals surface area contributed by atoms with Gasteiger partial charge in [-0.1, -0.05) is 12.1 Å². The van der Waals surface area contributed by atoms with Gasteiger partial charge < -0.3 is 19.9 Å². The highest BCUT2D eigenvalue weighted by atomic mass is 19.1. The highest BCUT2D eigenvalue weighted by molar-refractivity contribution is 5.98. The SMILES string of the molecule is CC(NC(=O)c1ccc(OCC2CCCO2)cc1)(C(=O)O)c1ccc(F)cc1. The number of hydrogen-bond acceptors (Lipinski definition) is 4. The van der Waals surface area contributed by atoms with E-state index in [2.05, 4.69) is 5.32 Å². The van der Waals surface area contributed by atoms with Gasteiger partial charge in [-0.3, -0.25) is 4.79 Å². The predicted molar refractivity (Wildman–Crippen MR) is 99.8 cm³/mol. The number of rotatable bonds is 7. The third-order valence-electron chi connectivity index (χ3n) is 4.79. The molecule has 7 heteroatoms. The van der Waals surface area contributed by atoms with Crippen molar-refractivity contribution in [1.29, 1.82) is 0 Å². The zero-order valence-corrected chi connectivity index (χ0v) is 15.5. The van der Waals surface area contributed by atoms with Crippen molar-refractivity contribution in [3.8, 4) is 5.75 Å². The fraction of sp³-hybridized carbons (Fsp3) is 0.333. The van der Waals surface area contributed by atoms with Gasteiger partial charge in [0.25, 0.3) is 5.91 Å². The molecule has 1 aliphatic heterocycles. The molecule has 6 nitrogen and oxygen atoms in total. The van der Waals surface area contributed by atoms with Gasteiger partial charge in [0.05, 0.1) is 6.10 Å². The van der Waals surface area contributed by atoms with Gasteiger partial charge in [0.2, 0.25) is 0 Å². The van der Waals surface area contributed by atoms with E-state index in [1.54, 1.807) is 24.3 Å². The molecule has 0 aromatic heterocycles. The minimum absolute atomic E-state index is 0.0926. The second-order valence-corrected chi connectivity index (χ2v) is 6.86. The molecule has 2 unspecified atom stereocenters. The molecule has 0 radical (unpaired) electrons. The Morgan fingerprint density at radius 2 is 1.89 bits per heavy atom. The minimum atomic E-state index is -1.69. The quantitative estimate of drug-likeness (QED) is 0.763. The number of nitrogens with one attached hydrogen (secondary N) is 1. The van der Waals surface area contributed by atoms with Gasteiger partial charge in [0, 0.05) is 12.2 Å². The smallest absolute Gasteiger partial charge is 0.333 e. The second kappa shape index (κ2) is 8.39. The molecule has 2 N–H and O–H groups in total. The average molecular weight is 387 g/mol. The van der Waals surface area contributed by atoms with Crippen LogP contribution in [0.4, 0.5) is 4.39 Å². The van der Waals surface area contributed by atoms with E-state index in [0.717, 1.165) is 31.6 Å². The molecule has 0 saturated carbocycles. The molecular weight excluding hydrogens is 365 g/mol. The van der Waals surface area contributed by atoms with E-state index in [4.69, 9.17) is 9.47 Å². The van der Waals surface area contributed by atoms with Gasteiger partial charge in [0.1, 0.15) is 18.2 Å². The maximum atomic E-state index is 13.1. The first kappa shape index (κ1) is 19.8. The van der Waals surface area contributed by atoms with Crippen LogP contribution in [-0.4, -0.2) is 36.3 Å². The molecule has 28 heavy (non-hydrogen) atoms. The molecule has 0 bridgehead atoms. The predicted octanol–water partition coefficient (Wildman–Crippen LogP) is 3.11. The summed E-state index contributed by atoms with van der Waals surface area (Å²) >= 11 is 0. The number of carboxylic acid groups (broad SMARTS) is 1. The Hall–Kier alpha value is -2.93. The van der Waals surface area contributed by atoms with Gasteiger partial charge in [-0.05, 0) is 61.7 Å². The number of ether oxygens (including phenoxy) is 2. The molecule has 2 atom stereocenters. The van der Waals surface area contributed by atoms with Crippen LogP contribution in [0.3, 0.4) is 0 Å². The lowest BCUT2D eigenvalue weighted by atomic mass is 9.91. The zero-order chi connectivity index (χ0) is 20.1. The first-order chi connectivity index (χ1) is 13.4. The summed E-state index contributed by atoms with van der Waals surface area (Å²) in [5.41, 5.74) is -1.13. The van der Waals surface area contributed by atoms with E-state index < -0.39 is 23.2 Å². The molecule has 2 aromatic carbocycles. The Bertz CT molecular complexity index is 831. The molecule has 0 spiro atoms. The van der Waals surface area contributed by atoms with Gasteiger partial charge in [0.15, 0.2) is 5.54 Å². The highest BCUT2D eigenvalue weighted by Gasteiger charge is 2.37. The van der Waals surface area contributed by atoms with E-state index in [0.29, 0.717) is 17.9 Å². The molecule has 1 aliphatic rings. The number of benzene rings is 2. The summed E-state index contributed by atoms with van der Waals surface area (Å²) in [7, 11) is 0. The van der Waals surface area contributed by atoms with Crippen LogP contribution in [0.2, 0.25) is 0 Å². The molecule has 0 aliphatic carbocycles. The van der Waals surface area contributed by atoms with Crippen LogP contribution in [0.5, 0.6) is 5.75 Å². The topological polar surface area (TPSA) is 84.9 Å². The number of aliphatic carboxylic acids is 1. The van der Waals surface area contributed by atoms with Crippen LogP contribution in [0.1, 0.15) is 35.7 Å². The van der Waals surface area contributed by atoms with Crippen LogP contribution >= 0.6 is 0 Å². The molecular formula is C21H22FNO5. The lowest BCUT2D eigenvalue weighted by Gasteiger charge is -2.27. The van der Waals surface area contributed by atoms with Crippen molar-refractivity contribution >= 4 is 11.9 Å². The molecule has 2 aromatic rings. The van der Waals surface area contributed by atoms with E-state index in [9.17, 15) is 19.1 Å². The van der Waals surface area contributed by atoms with Crippen LogP contribution in [-0.2, 0) is 15.1 Å². The van der Waals surface area contributed by atoms with Crippen molar-refractivity contribution in [2.75, 3.05) is 13.2 Å². The van der Waals surface area contributed by atoms with Gasteiger partial charge in [-0.2, -0.15) is 0 Å². The fourth-order valence-electron chi connectivity index (χ4n) is 3.00. The number of carbonyl (C=O) groups excluding carboxylic acids is 1. The van der Waals surface area contributed by atoms with Crippen molar-refractivity contribution in [3.05, 3.63) is 65.5 Å². The van der Waals surface area contributed by atoms with E-state index >= 15 is 0 Å². The monoisotopic (exact) mass is 387 g/mol. The summed E-state index contributed by atoms with van der Waals surface area (Å²) in [4.78, 5) is 24.4. The van der Waals surface area contributed by atoms with Gasteiger partial charge >= 0.3 is 5.97 Å².